The predicted molar refractivity (Wildman–Crippen MR) is 62.4 cm³/mol. The second-order valence-corrected chi connectivity index (χ2v) is 3.88. The highest BCUT2D eigenvalue weighted by atomic mass is 35.5. The fraction of sp³-hybridized carbons (Fsp3) is 0.100. The minimum absolute atomic E-state index is 0.0380. The molecule has 0 N–H and O–H groups in total. The molecule has 0 radical (unpaired) electrons. The SMILES string of the molecule is Fc1cccc(Cl)c1COc1ccn(S)n1. The van der Waals surface area contributed by atoms with E-state index in [0.29, 0.717) is 16.5 Å². The summed E-state index contributed by atoms with van der Waals surface area (Å²) >= 11 is 9.79. The number of hydrogen-bond donors (Lipinski definition) is 1. The van der Waals surface area contributed by atoms with Gasteiger partial charge in [-0.15, -0.1) is 5.10 Å². The van der Waals surface area contributed by atoms with Crippen molar-refractivity contribution >= 4 is 24.4 Å². The number of aromatic nitrogens is 2. The van der Waals surface area contributed by atoms with E-state index in [0.717, 1.165) is 0 Å². The average molecular weight is 259 g/mol. The first-order chi connectivity index (χ1) is 7.66. The van der Waals surface area contributed by atoms with Crippen LogP contribution in [0, 0.1) is 5.82 Å². The van der Waals surface area contributed by atoms with Crippen molar-refractivity contribution in [3.05, 3.63) is 46.9 Å². The summed E-state index contributed by atoms with van der Waals surface area (Å²) in [6.45, 7) is 0.0380. The Morgan fingerprint density at radius 1 is 1.44 bits per heavy atom. The molecule has 0 aliphatic heterocycles. The third-order valence-electron chi connectivity index (χ3n) is 1.98. The summed E-state index contributed by atoms with van der Waals surface area (Å²) in [6, 6.07) is 6.12. The van der Waals surface area contributed by atoms with Gasteiger partial charge < -0.3 is 4.74 Å². The number of halogens is 2. The van der Waals surface area contributed by atoms with Gasteiger partial charge in [0.2, 0.25) is 5.88 Å². The second kappa shape index (κ2) is 4.76. The van der Waals surface area contributed by atoms with Crippen LogP contribution in [0.25, 0.3) is 0 Å². The van der Waals surface area contributed by atoms with E-state index in [1.165, 1.54) is 10.2 Å². The number of nitrogens with zero attached hydrogens (tertiary/aromatic N) is 2. The first kappa shape index (κ1) is 11.3. The van der Waals surface area contributed by atoms with Crippen molar-refractivity contribution in [2.24, 2.45) is 0 Å². The van der Waals surface area contributed by atoms with Crippen LogP contribution in [0.2, 0.25) is 5.02 Å². The summed E-state index contributed by atoms with van der Waals surface area (Å²) < 4.78 is 19.9. The summed E-state index contributed by atoms with van der Waals surface area (Å²) in [4.78, 5) is 0. The van der Waals surface area contributed by atoms with Crippen molar-refractivity contribution < 1.29 is 9.13 Å². The number of rotatable bonds is 3. The Kier molecular flexibility index (Phi) is 3.36. The smallest absolute Gasteiger partial charge is 0.234 e. The van der Waals surface area contributed by atoms with E-state index in [9.17, 15) is 4.39 Å². The average Bonchev–Trinajstić information content (AvgIpc) is 2.63. The molecule has 0 amide bonds. The van der Waals surface area contributed by atoms with Gasteiger partial charge in [0.05, 0.1) is 5.02 Å². The Morgan fingerprint density at radius 3 is 2.88 bits per heavy atom. The summed E-state index contributed by atoms with van der Waals surface area (Å²) in [7, 11) is 0. The van der Waals surface area contributed by atoms with Crippen molar-refractivity contribution in [1.82, 2.24) is 9.19 Å². The molecule has 3 nitrogen and oxygen atoms in total. The van der Waals surface area contributed by atoms with Crippen LogP contribution < -0.4 is 4.74 Å². The molecule has 1 aromatic carbocycles. The van der Waals surface area contributed by atoms with E-state index in [-0.39, 0.29) is 6.61 Å². The van der Waals surface area contributed by atoms with Crippen LogP contribution >= 0.6 is 24.4 Å². The topological polar surface area (TPSA) is 27.1 Å². The standard InChI is InChI=1S/C10H8ClFN2OS/c11-8-2-1-3-9(12)7(8)6-15-10-4-5-14(16)13-10/h1-5,16H,6H2. The van der Waals surface area contributed by atoms with Crippen LogP contribution in [-0.2, 0) is 6.61 Å². The lowest BCUT2D eigenvalue weighted by molar-refractivity contribution is 0.287. The second-order valence-electron chi connectivity index (χ2n) is 3.06. The van der Waals surface area contributed by atoms with E-state index in [2.05, 4.69) is 17.9 Å². The summed E-state index contributed by atoms with van der Waals surface area (Å²) in [5, 5.41) is 4.22. The molecule has 1 heterocycles. The summed E-state index contributed by atoms with van der Waals surface area (Å²) in [6.07, 6.45) is 1.61. The molecular formula is C10H8ClFN2OS. The summed E-state index contributed by atoms with van der Waals surface area (Å²) in [5.41, 5.74) is 0.317. The van der Waals surface area contributed by atoms with Gasteiger partial charge in [-0.25, -0.2) is 8.48 Å². The van der Waals surface area contributed by atoms with Crippen molar-refractivity contribution in [2.45, 2.75) is 6.61 Å². The van der Waals surface area contributed by atoms with Gasteiger partial charge in [0.15, 0.2) is 0 Å². The van der Waals surface area contributed by atoms with E-state index in [1.807, 2.05) is 0 Å². The van der Waals surface area contributed by atoms with Crippen LogP contribution in [0.5, 0.6) is 5.88 Å². The quantitative estimate of drug-likeness (QED) is 0.857. The maximum absolute atomic E-state index is 13.4. The lowest BCUT2D eigenvalue weighted by atomic mass is 10.2. The zero-order valence-corrected chi connectivity index (χ0v) is 9.75. The molecule has 0 aliphatic carbocycles. The monoisotopic (exact) mass is 258 g/mol. The van der Waals surface area contributed by atoms with Gasteiger partial charge in [-0.2, -0.15) is 0 Å². The minimum Gasteiger partial charge on any atom is -0.472 e. The third kappa shape index (κ3) is 2.48. The van der Waals surface area contributed by atoms with Crippen LogP contribution in [0.3, 0.4) is 0 Å². The van der Waals surface area contributed by atoms with Crippen molar-refractivity contribution in [3.8, 4) is 5.88 Å². The van der Waals surface area contributed by atoms with Gasteiger partial charge in [-0.1, -0.05) is 17.7 Å². The van der Waals surface area contributed by atoms with Crippen LogP contribution in [0.15, 0.2) is 30.5 Å². The fourth-order valence-electron chi connectivity index (χ4n) is 1.19. The van der Waals surface area contributed by atoms with E-state index in [1.54, 1.807) is 24.4 Å². The number of ether oxygens (including phenoxy) is 1. The normalized spacial score (nSPS) is 10.4. The lowest BCUT2D eigenvalue weighted by Crippen LogP contribution is -2.00. The van der Waals surface area contributed by atoms with Gasteiger partial charge >= 0.3 is 0 Å². The number of hydrogen-bond acceptors (Lipinski definition) is 3. The molecule has 0 atom stereocenters. The molecule has 1 aromatic heterocycles. The van der Waals surface area contributed by atoms with Crippen LogP contribution in [0.1, 0.15) is 5.56 Å². The zero-order valence-electron chi connectivity index (χ0n) is 8.10. The van der Waals surface area contributed by atoms with Crippen molar-refractivity contribution in [2.75, 3.05) is 0 Å². The highest BCUT2D eigenvalue weighted by Gasteiger charge is 2.08. The summed E-state index contributed by atoms with van der Waals surface area (Å²) in [5.74, 6) is -0.0212. The van der Waals surface area contributed by atoms with Crippen molar-refractivity contribution in [1.29, 1.82) is 0 Å². The molecular weight excluding hydrogens is 251 g/mol. The highest BCUT2D eigenvalue weighted by Crippen LogP contribution is 2.20. The van der Waals surface area contributed by atoms with Gasteiger partial charge in [-0.3, -0.25) is 0 Å². The molecule has 6 heteroatoms. The number of thiol groups is 1. The van der Waals surface area contributed by atoms with Crippen LogP contribution in [-0.4, -0.2) is 9.19 Å². The third-order valence-corrected chi connectivity index (χ3v) is 2.55. The van der Waals surface area contributed by atoms with E-state index < -0.39 is 5.82 Å². The predicted octanol–water partition coefficient (Wildman–Crippen LogP) is 2.95. The van der Waals surface area contributed by atoms with Crippen molar-refractivity contribution in [3.63, 3.8) is 0 Å². The molecule has 16 heavy (non-hydrogen) atoms. The molecule has 0 bridgehead atoms. The molecule has 0 spiro atoms. The molecule has 0 saturated carbocycles. The van der Waals surface area contributed by atoms with Gasteiger partial charge in [0, 0.05) is 17.8 Å². The minimum atomic E-state index is -0.391. The Morgan fingerprint density at radius 2 is 2.25 bits per heavy atom. The molecule has 2 rings (SSSR count). The molecule has 0 aliphatic rings. The van der Waals surface area contributed by atoms with Gasteiger partial charge in [0.1, 0.15) is 12.4 Å². The molecule has 84 valence electrons. The van der Waals surface area contributed by atoms with Gasteiger partial charge in [0.25, 0.3) is 0 Å². The molecule has 0 fully saturated rings. The Bertz CT molecular complexity index is 483. The number of benzene rings is 1. The fourth-order valence-corrected chi connectivity index (χ4v) is 1.56. The maximum atomic E-state index is 13.4. The Hall–Kier alpha value is -1.20. The van der Waals surface area contributed by atoms with E-state index >= 15 is 0 Å². The zero-order chi connectivity index (χ0) is 11.5. The largest absolute Gasteiger partial charge is 0.472 e. The maximum Gasteiger partial charge on any atom is 0.234 e. The lowest BCUT2D eigenvalue weighted by Gasteiger charge is -2.05. The Labute approximate surface area is 102 Å². The highest BCUT2D eigenvalue weighted by molar-refractivity contribution is 7.78. The first-order valence-electron chi connectivity index (χ1n) is 4.47. The molecule has 2 aromatic rings. The van der Waals surface area contributed by atoms with Crippen LogP contribution in [0.4, 0.5) is 4.39 Å². The first-order valence-corrected chi connectivity index (χ1v) is 5.25. The Balaban J connectivity index is 2.10. The molecule has 0 saturated heterocycles. The van der Waals surface area contributed by atoms with Gasteiger partial charge in [-0.05, 0) is 24.9 Å². The molecule has 0 unspecified atom stereocenters. The van der Waals surface area contributed by atoms with E-state index in [4.69, 9.17) is 16.3 Å².